The van der Waals surface area contributed by atoms with Gasteiger partial charge >= 0.3 is 0 Å². The first-order valence-corrected chi connectivity index (χ1v) is 5.94. The monoisotopic (exact) mass is 218 g/mol. The molecular weight excluding hydrogens is 212 g/mol. The minimum atomic E-state index is 1.01. The second-order valence-electron chi connectivity index (χ2n) is 2.88. The van der Waals surface area contributed by atoms with Crippen molar-refractivity contribution >= 4 is 32.8 Å². The highest BCUT2D eigenvalue weighted by atomic mass is 32.1. The topological polar surface area (TPSA) is 25.8 Å². The molecule has 0 aliphatic heterocycles. The summed E-state index contributed by atoms with van der Waals surface area (Å²) in [4.78, 5) is 1.19. The normalized spacial score (nSPS) is 10.9. The minimum absolute atomic E-state index is 1.01. The number of fused-ring (bicyclic) bond motifs is 1. The van der Waals surface area contributed by atoms with Gasteiger partial charge in [-0.15, -0.1) is 27.8 Å². The van der Waals surface area contributed by atoms with Gasteiger partial charge in [-0.1, -0.05) is 6.07 Å². The molecule has 0 amide bonds. The molecule has 0 spiro atoms. The summed E-state index contributed by atoms with van der Waals surface area (Å²) in [6.07, 6.45) is 1.81. The van der Waals surface area contributed by atoms with Gasteiger partial charge < -0.3 is 0 Å². The van der Waals surface area contributed by atoms with Crippen molar-refractivity contribution in [2.75, 3.05) is 0 Å². The van der Waals surface area contributed by atoms with Crippen molar-refractivity contribution in [3.8, 4) is 10.6 Å². The fraction of sp³-hybridized carbons (Fsp3) is 0. The Kier molecular flexibility index (Phi) is 1.82. The van der Waals surface area contributed by atoms with Crippen LogP contribution in [0.2, 0.25) is 0 Å². The predicted molar refractivity (Wildman–Crippen MR) is 60.7 cm³/mol. The predicted octanol–water partition coefficient (Wildman–Crippen LogP) is 3.42. The van der Waals surface area contributed by atoms with E-state index in [-0.39, 0.29) is 0 Å². The van der Waals surface area contributed by atoms with Gasteiger partial charge in [0.05, 0.1) is 15.8 Å². The van der Waals surface area contributed by atoms with Crippen LogP contribution in [0.3, 0.4) is 0 Å². The van der Waals surface area contributed by atoms with Gasteiger partial charge in [0.25, 0.3) is 0 Å². The molecule has 3 heterocycles. The summed E-state index contributed by atoms with van der Waals surface area (Å²) in [5, 5.41) is 13.5. The number of thiophene rings is 2. The second-order valence-corrected chi connectivity index (χ2v) is 4.74. The van der Waals surface area contributed by atoms with Gasteiger partial charge in [-0.05, 0) is 22.9 Å². The summed E-state index contributed by atoms with van der Waals surface area (Å²) in [5.41, 5.74) is 1.01. The van der Waals surface area contributed by atoms with Gasteiger partial charge in [-0.2, -0.15) is 5.10 Å². The molecule has 14 heavy (non-hydrogen) atoms. The third-order valence-corrected chi connectivity index (χ3v) is 3.83. The van der Waals surface area contributed by atoms with Crippen LogP contribution in [0.25, 0.3) is 20.7 Å². The van der Waals surface area contributed by atoms with Crippen LogP contribution in [-0.4, -0.2) is 10.2 Å². The molecule has 0 aliphatic rings. The average Bonchev–Trinajstić information content (AvgIpc) is 2.88. The highest BCUT2D eigenvalue weighted by Gasteiger charge is 2.07. The highest BCUT2D eigenvalue weighted by Crippen LogP contribution is 2.32. The van der Waals surface area contributed by atoms with Crippen LogP contribution in [0.5, 0.6) is 0 Å². The first-order chi connectivity index (χ1) is 6.95. The van der Waals surface area contributed by atoms with Crippen LogP contribution in [-0.2, 0) is 0 Å². The maximum absolute atomic E-state index is 4.19. The Balaban J connectivity index is 2.36. The Morgan fingerprint density at radius 1 is 1.07 bits per heavy atom. The van der Waals surface area contributed by atoms with Crippen molar-refractivity contribution in [2.45, 2.75) is 0 Å². The SMILES string of the molecule is c1csc(-c2nncc3ccsc23)c1. The molecule has 3 aromatic rings. The zero-order valence-electron chi connectivity index (χ0n) is 7.18. The number of nitrogens with zero attached hydrogens (tertiary/aromatic N) is 2. The lowest BCUT2D eigenvalue weighted by Crippen LogP contribution is -1.83. The van der Waals surface area contributed by atoms with Crippen LogP contribution in [0.4, 0.5) is 0 Å². The van der Waals surface area contributed by atoms with Crippen LogP contribution in [0.1, 0.15) is 0 Å². The minimum Gasteiger partial charge on any atom is -0.158 e. The molecule has 0 aliphatic carbocycles. The molecule has 0 aromatic carbocycles. The van der Waals surface area contributed by atoms with Crippen molar-refractivity contribution in [1.29, 1.82) is 0 Å². The summed E-state index contributed by atoms with van der Waals surface area (Å²) in [7, 11) is 0. The first-order valence-electron chi connectivity index (χ1n) is 4.18. The quantitative estimate of drug-likeness (QED) is 0.625. The van der Waals surface area contributed by atoms with Crippen LogP contribution in [0.15, 0.2) is 35.2 Å². The van der Waals surface area contributed by atoms with E-state index >= 15 is 0 Å². The van der Waals surface area contributed by atoms with Gasteiger partial charge in [0.2, 0.25) is 0 Å². The molecule has 68 valence electrons. The second kappa shape index (κ2) is 3.15. The first kappa shape index (κ1) is 8.08. The lowest BCUT2D eigenvalue weighted by Gasteiger charge is -1.95. The van der Waals surface area contributed by atoms with E-state index in [1.165, 1.54) is 15.0 Å². The Bertz CT molecular complexity index is 554. The highest BCUT2D eigenvalue weighted by molar-refractivity contribution is 7.19. The smallest absolute Gasteiger partial charge is 0.121 e. The molecule has 0 unspecified atom stereocenters. The van der Waals surface area contributed by atoms with Gasteiger partial charge in [0.15, 0.2) is 0 Å². The molecule has 3 rings (SSSR count). The fourth-order valence-electron chi connectivity index (χ4n) is 1.38. The van der Waals surface area contributed by atoms with Crippen molar-refractivity contribution in [1.82, 2.24) is 10.2 Å². The van der Waals surface area contributed by atoms with E-state index in [4.69, 9.17) is 0 Å². The molecular formula is C10H6N2S2. The zero-order chi connectivity index (χ0) is 9.38. The molecule has 0 bridgehead atoms. The Morgan fingerprint density at radius 3 is 2.93 bits per heavy atom. The molecule has 0 saturated carbocycles. The third kappa shape index (κ3) is 1.15. The van der Waals surface area contributed by atoms with E-state index in [9.17, 15) is 0 Å². The molecule has 2 nitrogen and oxygen atoms in total. The third-order valence-electron chi connectivity index (χ3n) is 2.02. The van der Waals surface area contributed by atoms with Crippen LogP contribution < -0.4 is 0 Å². The number of rotatable bonds is 1. The summed E-state index contributed by atoms with van der Waals surface area (Å²) in [6.45, 7) is 0. The summed E-state index contributed by atoms with van der Waals surface area (Å²) in [5.74, 6) is 0. The largest absolute Gasteiger partial charge is 0.158 e. The van der Waals surface area contributed by atoms with Gasteiger partial charge in [0, 0.05) is 5.39 Å². The van der Waals surface area contributed by atoms with E-state index < -0.39 is 0 Å². The van der Waals surface area contributed by atoms with Crippen molar-refractivity contribution < 1.29 is 0 Å². The van der Waals surface area contributed by atoms with Crippen molar-refractivity contribution in [3.05, 3.63) is 35.2 Å². The standard InChI is InChI=1S/C10H6N2S2/c1-2-8(13-4-1)9-10-7(3-5-14-10)6-11-12-9/h1-6H. The van der Waals surface area contributed by atoms with E-state index in [1.54, 1.807) is 22.7 Å². The Morgan fingerprint density at radius 2 is 2.07 bits per heavy atom. The molecule has 0 N–H and O–H groups in total. The molecule has 0 fully saturated rings. The van der Waals surface area contributed by atoms with E-state index in [1.807, 2.05) is 12.3 Å². The maximum Gasteiger partial charge on any atom is 0.121 e. The number of hydrogen-bond donors (Lipinski definition) is 0. The van der Waals surface area contributed by atoms with Gasteiger partial charge in [0.1, 0.15) is 5.69 Å². The zero-order valence-corrected chi connectivity index (χ0v) is 8.81. The van der Waals surface area contributed by atoms with Crippen molar-refractivity contribution in [2.24, 2.45) is 0 Å². The molecule has 3 aromatic heterocycles. The van der Waals surface area contributed by atoms with E-state index in [0.29, 0.717) is 0 Å². The van der Waals surface area contributed by atoms with Gasteiger partial charge in [-0.25, -0.2) is 0 Å². The lowest BCUT2D eigenvalue weighted by molar-refractivity contribution is 1.06. The van der Waals surface area contributed by atoms with E-state index in [0.717, 1.165) is 5.69 Å². The Hall–Kier alpha value is -1.26. The molecule has 0 atom stereocenters. The average molecular weight is 218 g/mol. The molecule has 4 heteroatoms. The number of hydrogen-bond acceptors (Lipinski definition) is 4. The summed E-state index contributed by atoms with van der Waals surface area (Å²) >= 11 is 3.41. The fourth-order valence-corrected chi connectivity index (χ4v) is 3.03. The molecule has 0 saturated heterocycles. The Labute approximate surface area is 88.9 Å². The van der Waals surface area contributed by atoms with Gasteiger partial charge in [-0.3, -0.25) is 0 Å². The van der Waals surface area contributed by atoms with Crippen molar-refractivity contribution in [3.63, 3.8) is 0 Å². The number of aromatic nitrogens is 2. The maximum atomic E-state index is 4.19. The van der Waals surface area contributed by atoms with Crippen LogP contribution >= 0.6 is 22.7 Å². The molecule has 0 radical (unpaired) electrons. The summed E-state index contributed by atoms with van der Waals surface area (Å²) in [6, 6.07) is 6.19. The summed E-state index contributed by atoms with van der Waals surface area (Å²) < 4.78 is 1.22. The lowest BCUT2D eigenvalue weighted by atomic mass is 10.3. The van der Waals surface area contributed by atoms with Crippen LogP contribution in [0, 0.1) is 0 Å². The van der Waals surface area contributed by atoms with E-state index in [2.05, 4.69) is 33.1 Å².